The minimum Gasteiger partial charge on any atom is -0.325 e. The van der Waals surface area contributed by atoms with E-state index in [1.54, 1.807) is 17.9 Å². The Morgan fingerprint density at radius 1 is 1.17 bits per heavy atom. The maximum absolute atomic E-state index is 13.5. The number of aryl methyl sites for hydroxylation is 3. The van der Waals surface area contributed by atoms with Crippen LogP contribution in [0.1, 0.15) is 36.0 Å². The first kappa shape index (κ1) is 19.3. The number of fused-ring (bicyclic) bond motifs is 2. The van der Waals surface area contributed by atoms with E-state index in [4.69, 9.17) is 4.99 Å². The predicted octanol–water partition coefficient (Wildman–Crippen LogP) is 4.61. The van der Waals surface area contributed by atoms with Gasteiger partial charge in [-0.3, -0.25) is 14.6 Å². The molecule has 1 aliphatic carbocycles. The number of rotatable bonds is 3. The number of aliphatic imine (C=N–C) groups is 1. The molecule has 2 aliphatic rings. The minimum atomic E-state index is -0.324. The fourth-order valence-corrected chi connectivity index (χ4v) is 4.01. The lowest BCUT2D eigenvalue weighted by atomic mass is 10.0. The van der Waals surface area contributed by atoms with Gasteiger partial charge in [0.05, 0.1) is 17.3 Å². The highest BCUT2D eigenvalue weighted by molar-refractivity contribution is 6.16. The Balaban J connectivity index is 1.65. The number of carbonyl (C=O) groups excluding carboxylic acids is 2. The van der Waals surface area contributed by atoms with Crippen LogP contribution in [0.3, 0.4) is 0 Å². The van der Waals surface area contributed by atoms with E-state index >= 15 is 0 Å². The van der Waals surface area contributed by atoms with Crippen LogP contribution < -0.4 is 10.2 Å². The lowest BCUT2D eigenvalue weighted by molar-refractivity contribution is -0.122. The van der Waals surface area contributed by atoms with Crippen molar-refractivity contribution in [1.82, 2.24) is 0 Å². The van der Waals surface area contributed by atoms with Gasteiger partial charge in [0.1, 0.15) is 12.4 Å². The lowest BCUT2D eigenvalue weighted by Gasteiger charge is -2.25. The third-order valence-corrected chi connectivity index (χ3v) is 5.78. The summed E-state index contributed by atoms with van der Waals surface area (Å²) in [6, 6.07) is 8.34. The first-order chi connectivity index (χ1) is 13.8. The molecular weight excluding hydrogens is 369 g/mol. The van der Waals surface area contributed by atoms with Gasteiger partial charge in [-0.25, -0.2) is 4.39 Å². The van der Waals surface area contributed by atoms with Gasteiger partial charge in [-0.15, -0.1) is 0 Å². The third-order valence-electron chi connectivity index (χ3n) is 5.78. The summed E-state index contributed by atoms with van der Waals surface area (Å²) < 4.78 is 13.5. The molecule has 29 heavy (non-hydrogen) atoms. The van der Waals surface area contributed by atoms with Crippen molar-refractivity contribution in [3.05, 3.63) is 52.8 Å². The number of benzene rings is 2. The number of nitrogens with one attached hydrogen (secondary N) is 1. The fraction of sp³-hybridized carbons (Fsp3) is 0.348. The van der Waals surface area contributed by atoms with Gasteiger partial charge in [-0.1, -0.05) is 0 Å². The van der Waals surface area contributed by atoms with Crippen LogP contribution in [0.4, 0.5) is 21.5 Å². The number of amides is 2. The summed E-state index contributed by atoms with van der Waals surface area (Å²) in [7, 11) is 0. The largest absolute Gasteiger partial charge is 0.325 e. The van der Waals surface area contributed by atoms with Gasteiger partial charge in [0.25, 0.3) is 0 Å². The maximum Gasteiger partial charge on any atom is 0.244 e. The van der Waals surface area contributed by atoms with Gasteiger partial charge >= 0.3 is 0 Å². The van der Waals surface area contributed by atoms with Gasteiger partial charge in [0, 0.05) is 11.4 Å². The molecule has 1 atom stereocenters. The molecule has 6 heteroatoms. The predicted molar refractivity (Wildman–Crippen MR) is 112 cm³/mol. The first-order valence-electron chi connectivity index (χ1n) is 9.89. The number of hydrogen-bond donors (Lipinski definition) is 1. The summed E-state index contributed by atoms with van der Waals surface area (Å²) in [5.41, 5.74) is 5.43. The Kier molecular flexibility index (Phi) is 4.94. The van der Waals surface area contributed by atoms with E-state index < -0.39 is 0 Å². The molecule has 4 rings (SSSR count). The SMILES string of the molecule is Cc1cc2c(cc1C)N(CC(=O)Nc1ccc(F)c(C)c1)C(=O)C1CCCC1=N2. The second-order valence-electron chi connectivity index (χ2n) is 7.91. The Labute approximate surface area is 169 Å². The van der Waals surface area contributed by atoms with Crippen LogP contribution in [0.2, 0.25) is 0 Å². The quantitative estimate of drug-likeness (QED) is 0.828. The van der Waals surface area contributed by atoms with E-state index in [1.165, 1.54) is 12.1 Å². The minimum absolute atomic E-state index is 0.0753. The van der Waals surface area contributed by atoms with Crippen LogP contribution in [-0.2, 0) is 9.59 Å². The normalized spacial score (nSPS) is 18.1. The van der Waals surface area contributed by atoms with Crippen molar-refractivity contribution in [2.24, 2.45) is 10.9 Å². The zero-order valence-electron chi connectivity index (χ0n) is 16.9. The Hall–Kier alpha value is -3.02. The molecule has 0 bridgehead atoms. The van der Waals surface area contributed by atoms with E-state index in [1.807, 2.05) is 26.0 Å². The van der Waals surface area contributed by atoms with Crippen LogP contribution in [-0.4, -0.2) is 24.1 Å². The molecule has 1 unspecified atom stereocenters. The smallest absolute Gasteiger partial charge is 0.244 e. The summed E-state index contributed by atoms with van der Waals surface area (Å²) in [5, 5.41) is 2.78. The maximum atomic E-state index is 13.5. The highest BCUT2D eigenvalue weighted by Gasteiger charge is 2.37. The van der Waals surface area contributed by atoms with E-state index in [-0.39, 0.29) is 30.1 Å². The second kappa shape index (κ2) is 7.43. The van der Waals surface area contributed by atoms with Crippen molar-refractivity contribution in [1.29, 1.82) is 0 Å². The van der Waals surface area contributed by atoms with E-state index in [2.05, 4.69) is 5.32 Å². The number of hydrogen-bond acceptors (Lipinski definition) is 3. The number of anilines is 2. The average molecular weight is 393 g/mol. The number of nitrogens with zero attached hydrogens (tertiary/aromatic N) is 2. The molecule has 1 N–H and O–H groups in total. The molecular formula is C23H24FN3O2. The van der Waals surface area contributed by atoms with Gasteiger partial charge in [0.15, 0.2) is 0 Å². The molecule has 150 valence electrons. The molecule has 5 nitrogen and oxygen atoms in total. The zero-order valence-corrected chi connectivity index (χ0v) is 16.9. The molecule has 0 aromatic heterocycles. The van der Waals surface area contributed by atoms with Crippen molar-refractivity contribution in [3.63, 3.8) is 0 Å². The van der Waals surface area contributed by atoms with Gasteiger partial charge in [-0.05, 0) is 87.1 Å². The summed E-state index contributed by atoms with van der Waals surface area (Å²) >= 11 is 0. The molecule has 2 amide bonds. The third kappa shape index (κ3) is 3.67. The molecule has 1 fully saturated rings. The van der Waals surface area contributed by atoms with Crippen molar-refractivity contribution in [2.75, 3.05) is 16.8 Å². The molecule has 1 heterocycles. The molecule has 0 spiro atoms. The van der Waals surface area contributed by atoms with Crippen molar-refractivity contribution < 1.29 is 14.0 Å². The summed E-state index contributed by atoms with van der Waals surface area (Å²) in [6.45, 7) is 5.54. The molecule has 1 saturated carbocycles. The average Bonchev–Trinajstić information content (AvgIpc) is 3.10. The van der Waals surface area contributed by atoms with Crippen LogP contribution in [0, 0.1) is 32.5 Å². The summed E-state index contributed by atoms with van der Waals surface area (Å²) in [6.07, 6.45) is 2.51. The first-order valence-corrected chi connectivity index (χ1v) is 9.89. The molecule has 0 saturated heterocycles. The van der Waals surface area contributed by atoms with Crippen LogP contribution in [0.15, 0.2) is 35.3 Å². The molecule has 2 aromatic carbocycles. The second-order valence-corrected chi connectivity index (χ2v) is 7.91. The van der Waals surface area contributed by atoms with Crippen LogP contribution >= 0.6 is 0 Å². The van der Waals surface area contributed by atoms with Crippen LogP contribution in [0.5, 0.6) is 0 Å². The Morgan fingerprint density at radius 2 is 1.93 bits per heavy atom. The van der Waals surface area contributed by atoms with E-state index in [0.29, 0.717) is 16.9 Å². The molecule has 2 aromatic rings. The van der Waals surface area contributed by atoms with E-state index in [9.17, 15) is 14.0 Å². The molecule has 1 aliphatic heterocycles. The van der Waals surface area contributed by atoms with Gasteiger partial charge in [0.2, 0.25) is 11.8 Å². The van der Waals surface area contributed by atoms with E-state index in [0.717, 1.165) is 41.8 Å². The Morgan fingerprint density at radius 3 is 2.69 bits per heavy atom. The lowest BCUT2D eigenvalue weighted by Crippen LogP contribution is -2.42. The topological polar surface area (TPSA) is 61.8 Å². The zero-order chi connectivity index (χ0) is 20.7. The van der Waals surface area contributed by atoms with Gasteiger partial charge in [-0.2, -0.15) is 0 Å². The number of halogens is 1. The summed E-state index contributed by atoms with van der Waals surface area (Å²) in [5.74, 6) is -0.982. The Bertz CT molecular complexity index is 1040. The standard InChI is InChI=1S/C23H24FN3O2/c1-13-10-20-21(11-14(13)2)27(23(29)17-5-4-6-19(17)26-20)12-22(28)25-16-7-8-18(24)15(3)9-16/h7-11,17H,4-6,12H2,1-3H3,(H,25,28). The fourth-order valence-electron chi connectivity index (χ4n) is 4.01. The van der Waals surface area contributed by atoms with Gasteiger partial charge < -0.3 is 10.2 Å². The monoisotopic (exact) mass is 393 g/mol. The highest BCUT2D eigenvalue weighted by Crippen LogP contribution is 2.39. The van der Waals surface area contributed by atoms with Crippen molar-refractivity contribution >= 4 is 34.6 Å². The van der Waals surface area contributed by atoms with Crippen molar-refractivity contribution in [3.8, 4) is 0 Å². The number of carbonyl (C=O) groups is 2. The van der Waals surface area contributed by atoms with Crippen LogP contribution in [0.25, 0.3) is 0 Å². The summed E-state index contributed by atoms with van der Waals surface area (Å²) in [4.78, 5) is 32.4. The van der Waals surface area contributed by atoms with Crippen molar-refractivity contribution in [2.45, 2.75) is 40.0 Å². The molecule has 0 radical (unpaired) electrons. The highest BCUT2D eigenvalue weighted by atomic mass is 19.1.